The van der Waals surface area contributed by atoms with Gasteiger partial charge in [-0.25, -0.2) is 4.68 Å². The number of hydrogen-bond donors (Lipinski definition) is 1. The van der Waals surface area contributed by atoms with Gasteiger partial charge < -0.3 is 10.2 Å². The molecule has 0 radical (unpaired) electrons. The van der Waals surface area contributed by atoms with Gasteiger partial charge in [-0.2, -0.15) is 5.10 Å². The average Bonchev–Trinajstić information content (AvgIpc) is 2.72. The molecule has 0 aliphatic carbocycles. The van der Waals surface area contributed by atoms with Gasteiger partial charge in [0.2, 0.25) is 0 Å². The Kier molecular flexibility index (Phi) is 5.54. The number of nitrogens with one attached hydrogen (secondary N) is 1. The molecule has 0 spiro atoms. The highest BCUT2D eigenvalue weighted by atomic mass is 16.2. The summed E-state index contributed by atoms with van der Waals surface area (Å²) in [6.45, 7) is 5.14. The molecule has 7 heteroatoms. The zero-order valence-corrected chi connectivity index (χ0v) is 16.1. The van der Waals surface area contributed by atoms with Crippen LogP contribution in [0.3, 0.4) is 0 Å². The lowest BCUT2D eigenvalue weighted by molar-refractivity contribution is 0.0773. The molecule has 0 atom stereocenters. The standard InChI is InChI=1S/C21H22N4O3/c1-4-25(5-2)20(27)14-10-12-15(13-11-14)22-19(26)18-16-8-6-7-9-17(16)21(28)24(3)23-18/h6-13H,4-5H2,1-3H3,(H,22,26). The number of fused-ring (bicyclic) bond motifs is 1. The lowest BCUT2D eigenvalue weighted by Crippen LogP contribution is -2.30. The van der Waals surface area contributed by atoms with Gasteiger partial charge in [0, 0.05) is 36.8 Å². The van der Waals surface area contributed by atoms with Gasteiger partial charge in [0.05, 0.1) is 5.39 Å². The number of anilines is 1. The van der Waals surface area contributed by atoms with E-state index in [-0.39, 0.29) is 17.2 Å². The van der Waals surface area contributed by atoms with Crippen LogP contribution < -0.4 is 10.9 Å². The highest BCUT2D eigenvalue weighted by Gasteiger charge is 2.16. The lowest BCUT2D eigenvalue weighted by atomic mass is 10.1. The minimum atomic E-state index is -0.422. The molecule has 0 bridgehead atoms. The number of nitrogens with zero attached hydrogens (tertiary/aromatic N) is 3. The van der Waals surface area contributed by atoms with Gasteiger partial charge in [-0.05, 0) is 44.2 Å². The van der Waals surface area contributed by atoms with Crippen LogP contribution >= 0.6 is 0 Å². The molecule has 2 aromatic carbocycles. The minimum Gasteiger partial charge on any atom is -0.339 e. The first-order chi connectivity index (χ1) is 13.5. The molecule has 1 heterocycles. The van der Waals surface area contributed by atoms with E-state index in [2.05, 4.69) is 10.4 Å². The van der Waals surface area contributed by atoms with Gasteiger partial charge >= 0.3 is 0 Å². The Hall–Kier alpha value is -3.48. The van der Waals surface area contributed by atoms with Crippen LogP contribution in [0.1, 0.15) is 34.7 Å². The molecule has 3 rings (SSSR count). The van der Waals surface area contributed by atoms with Crippen molar-refractivity contribution in [1.29, 1.82) is 0 Å². The SMILES string of the molecule is CCN(CC)C(=O)c1ccc(NC(=O)c2nn(C)c(=O)c3ccccc23)cc1. The quantitative estimate of drug-likeness (QED) is 0.740. The van der Waals surface area contributed by atoms with Gasteiger partial charge in [-0.3, -0.25) is 14.4 Å². The number of benzene rings is 2. The first kappa shape index (κ1) is 19.3. The maximum Gasteiger partial charge on any atom is 0.276 e. The summed E-state index contributed by atoms with van der Waals surface area (Å²) < 4.78 is 1.16. The number of carbonyl (C=O) groups is 2. The van der Waals surface area contributed by atoms with Crippen molar-refractivity contribution < 1.29 is 9.59 Å². The fourth-order valence-electron chi connectivity index (χ4n) is 3.05. The van der Waals surface area contributed by atoms with Crippen molar-refractivity contribution in [2.75, 3.05) is 18.4 Å². The summed E-state index contributed by atoms with van der Waals surface area (Å²) in [5.41, 5.74) is 1.01. The Morgan fingerprint density at radius 2 is 1.61 bits per heavy atom. The molecule has 0 saturated carbocycles. The van der Waals surface area contributed by atoms with Crippen molar-refractivity contribution >= 4 is 28.3 Å². The molecule has 144 valence electrons. The fraction of sp³-hybridized carbons (Fsp3) is 0.238. The van der Waals surface area contributed by atoms with Crippen LogP contribution in [0, 0.1) is 0 Å². The van der Waals surface area contributed by atoms with Crippen molar-refractivity contribution in [1.82, 2.24) is 14.7 Å². The zero-order chi connectivity index (χ0) is 20.3. The third kappa shape index (κ3) is 3.64. The van der Waals surface area contributed by atoms with E-state index in [0.717, 1.165) is 4.68 Å². The predicted octanol–water partition coefficient (Wildman–Crippen LogP) is 2.67. The Morgan fingerprint density at radius 3 is 2.21 bits per heavy atom. The minimum absolute atomic E-state index is 0.0476. The van der Waals surface area contributed by atoms with Crippen molar-refractivity contribution in [2.24, 2.45) is 7.05 Å². The molecule has 0 aliphatic rings. The summed E-state index contributed by atoms with van der Waals surface area (Å²) in [5.74, 6) is -0.469. The van der Waals surface area contributed by atoms with Crippen LogP contribution in [0.25, 0.3) is 10.8 Å². The van der Waals surface area contributed by atoms with E-state index in [1.807, 2.05) is 13.8 Å². The number of amides is 2. The van der Waals surface area contributed by atoms with Crippen LogP contribution in [0.4, 0.5) is 5.69 Å². The highest BCUT2D eigenvalue weighted by Crippen LogP contribution is 2.16. The fourth-order valence-corrected chi connectivity index (χ4v) is 3.05. The van der Waals surface area contributed by atoms with Crippen LogP contribution in [0.2, 0.25) is 0 Å². The molecule has 0 aliphatic heterocycles. The molecule has 7 nitrogen and oxygen atoms in total. The van der Waals surface area contributed by atoms with E-state index in [9.17, 15) is 14.4 Å². The molecule has 0 unspecified atom stereocenters. The molecule has 0 saturated heterocycles. The predicted molar refractivity (Wildman–Crippen MR) is 109 cm³/mol. The van der Waals surface area contributed by atoms with Gasteiger partial charge in [0.15, 0.2) is 5.69 Å². The zero-order valence-electron chi connectivity index (χ0n) is 16.1. The monoisotopic (exact) mass is 378 g/mol. The van der Waals surface area contributed by atoms with E-state index in [1.165, 1.54) is 7.05 Å². The third-order valence-electron chi connectivity index (χ3n) is 4.61. The normalized spacial score (nSPS) is 10.7. The first-order valence-electron chi connectivity index (χ1n) is 9.13. The second-order valence-corrected chi connectivity index (χ2v) is 6.33. The van der Waals surface area contributed by atoms with Gasteiger partial charge in [0.25, 0.3) is 17.4 Å². The molecule has 1 aromatic heterocycles. The number of hydrogen-bond acceptors (Lipinski definition) is 4. The summed E-state index contributed by atoms with van der Waals surface area (Å²) >= 11 is 0. The van der Waals surface area contributed by atoms with Gasteiger partial charge in [0.1, 0.15) is 0 Å². The van der Waals surface area contributed by atoms with E-state index >= 15 is 0 Å². The Balaban J connectivity index is 1.86. The largest absolute Gasteiger partial charge is 0.339 e. The maximum atomic E-state index is 12.7. The highest BCUT2D eigenvalue weighted by molar-refractivity contribution is 6.11. The third-order valence-corrected chi connectivity index (χ3v) is 4.61. The number of aryl methyl sites for hydroxylation is 1. The second kappa shape index (κ2) is 8.04. The van der Waals surface area contributed by atoms with Crippen LogP contribution in [0.5, 0.6) is 0 Å². The Labute approximate surface area is 162 Å². The molecule has 1 N–H and O–H groups in total. The molecule has 28 heavy (non-hydrogen) atoms. The van der Waals surface area contributed by atoms with Crippen LogP contribution in [-0.4, -0.2) is 39.6 Å². The van der Waals surface area contributed by atoms with Crippen molar-refractivity contribution in [3.8, 4) is 0 Å². The maximum absolute atomic E-state index is 12.7. The summed E-state index contributed by atoms with van der Waals surface area (Å²) in [5, 5.41) is 7.83. The molecule has 0 fully saturated rings. The van der Waals surface area contributed by atoms with Crippen molar-refractivity contribution in [3.63, 3.8) is 0 Å². The van der Waals surface area contributed by atoms with Gasteiger partial charge in [-0.1, -0.05) is 18.2 Å². The van der Waals surface area contributed by atoms with E-state index in [0.29, 0.717) is 35.1 Å². The Morgan fingerprint density at radius 1 is 1.00 bits per heavy atom. The molecule has 2 amide bonds. The molecule has 3 aromatic rings. The summed E-state index contributed by atoms with van der Waals surface area (Å²) in [6, 6.07) is 13.6. The topological polar surface area (TPSA) is 84.3 Å². The van der Waals surface area contributed by atoms with Crippen LogP contribution in [-0.2, 0) is 7.05 Å². The molecular weight excluding hydrogens is 356 g/mol. The Bertz CT molecular complexity index is 1080. The average molecular weight is 378 g/mol. The van der Waals surface area contributed by atoms with E-state index in [1.54, 1.807) is 53.4 Å². The number of aromatic nitrogens is 2. The number of rotatable bonds is 5. The summed E-state index contributed by atoms with van der Waals surface area (Å²) in [4.78, 5) is 39.1. The first-order valence-corrected chi connectivity index (χ1v) is 9.13. The lowest BCUT2D eigenvalue weighted by Gasteiger charge is -2.18. The van der Waals surface area contributed by atoms with Crippen molar-refractivity contribution in [2.45, 2.75) is 13.8 Å². The van der Waals surface area contributed by atoms with E-state index in [4.69, 9.17) is 0 Å². The van der Waals surface area contributed by atoms with Crippen LogP contribution in [0.15, 0.2) is 53.3 Å². The second-order valence-electron chi connectivity index (χ2n) is 6.33. The summed E-state index contributed by atoms with van der Waals surface area (Å²) in [6.07, 6.45) is 0. The van der Waals surface area contributed by atoms with Crippen molar-refractivity contribution in [3.05, 3.63) is 70.1 Å². The smallest absolute Gasteiger partial charge is 0.276 e. The van der Waals surface area contributed by atoms with E-state index < -0.39 is 5.91 Å². The molecular formula is C21H22N4O3. The van der Waals surface area contributed by atoms with Gasteiger partial charge in [-0.15, -0.1) is 0 Å². The number of carbonyl (C=O) groups excluding carboxylic acids is 2. The summed E-state index contributed by atoms with van der Waals surface area (Å²) in [7, 11) is 1.51.